The Morgan fingerprint density at radius 1 is 0.962 bits per heavy atom. The molecule has 0 aromatic heterocycles. The molecule has 0 aliphatic rings. The van der Waals surface area contributed by atoms with Crippen LogP contribution in [0.4, 0.5) is 18.9 Å². The molecule has 2 N–H and O–H groups in total. The number of halogens is 4. The van der Waals surface area contributed by atoms with Crippen molar-refractivity contribution in [2.24, 2.45) is 0 Å². The Hall–Kier alpha value is -2.45. The average molecular weight is 402 g/mol. The second-order valence-electron chi connectivity index (χ2n) is 5.43. The van der Waals surface area contributed by atoms with Gasteiger partial charge in [0, 0.05) is 10.8 Å². The van der Waals surface area contributed by atoms with E-state index in [0.717, 1.165) is 12.1 Å². The van der Waals surface area contributed by atoms with Gasteiger partial charge in [0.25, 0.3) is 10.0 Å². The molecule has 0 atom stereocenters. The highest BCUT2D eigenvalue weighted by atomic mass is 35.5. The summed E-state index contributed by atoms with van der Waals surface area (Å²) in [5, 5.41) is 10.7. The summed E-state index contributed by atoms with van der Waals surface area (Å²) >= 11 is 5.93. The molecule has 26 heavy (non-hydrogen) atoms. The lowest BCUT2D eigenvalue weighted by molar-refractivity contribution is -0.137. The maximum atomic E-state index is 12.6. The van der Waals surface area contributed by atoms with Gasteiger partial charge in [-0.3, -0.25) is 4.72 Å². The number of phenolic OH excluding ortho intramolecular Hbond substituents is 1. The number of alkyl halides is 3. The third-order valence-electron chi connectivity index (χ3n) is 3.71. The molecule has 3 aromatic carbocycles. The molecule has 3 rings (SSSR count). The van der Waals surface area contributed by atoms with Crippen molar-refractivity contribution in [3.05, 3.63) is 65.2 Å². The Kier molecular flexibility index (Phi) is 4.49. The lowest BCUT2D eigenvalue weighted by Crippen LogP contribution is -2.14. The first-order chi connectivity index (χ1) is 12.1. The van der Waals surface area contributed by atoms with E-state index in [0.29, 0.717) is 22.9 Å². The van der Waals surface area contributed by atoms with Crippen LogP contribution in [0.5, 0.6) is 5.75 Å². The van der Waals surface area contributed by atoms with Gasteiger partial charge in [0.2, 0.25) is 0 Å². The predicted octanol–water partition coefficient (Wildman–Crippen LogP) is 5.02. The largest absolute Gasteiger partial charge is 0.506 e. The summed E-state index contributed by atoms with van der Waals surface area (Å²) in [5.41, 5.74) is -0.849. The number of phenols is 1. The molecule has 0 amide bonds. The number of rotatable bonds is 3. The molecule has 9 heteroatoms. The highest BCUT2D eigenvalue weighted by molar-refractivity contribution is 7.92. The summed E-state index contributed by atoms with van der Waals surface area (Å²) in [6.07, 6.45) is -4.56. The first-order valence-electron chi connectivity index (χ1n) is 7.20. The van der Waals surface area contributed by atoms with E-state index in [4.69, 9.17) is 11.6 Å². The molecule has 0 saturated heterocycles. The monoisotopic (exact) mass is 401 g/mol. The van der Waals surface area contributed by atoms with Gasteiger partial charge in [-0.2, -0.15) is 13.2 Å². The zero-order valence-corrected chi connectivity index (χ0v) is 14.5. The number of sulfonamides is 1. The third-order valence-corrected chi connectivity index (χ3v) is 5.38. The second-order valence-corrected chi connectivity index (χ2v) is 7.52. The van der Waals surface area contributed by atoms with Crippen molar-refractivity contribution in [1.29, 1.82) is 0 Å². The van der Waals surface area contributed by atoms with Gasteiger partial charge >= 0.3 is 6.18 Å². The average Bonchev–Trinajstić information content (AvgIpc) is 2.59. The fraction of sp³-hybridized carbons (Fsp3) is 0.0588. The number of aromatic hydroxyl groups is 1. The van der Waals surface area contributed by atoms with Gasteiger partial charge in [-0.15, -0.1) is 0 Å². The van der Waals surface area contributed by atoms with Gasteiger partial charge in [-0.25, -0.2) is 8.42 Å². The van der Waals surface area contributed by atoms with Crippen molar-refractivity contribution in [3.8, 4) is 5.75 Å². The minimum absolute atomic E-state index is 0.0613. The SMILES string of the molecule is O=S(=O)(Nc1cc(Cl)c(O)c2ccccc12)c1ccc(C(F)(F)F)cc1. The molecule has 0 bridgehead atoms. The van der Waals surface area contributed by atoms with Crippen LogP contribution in [-0.4, -0.2) is 13.5 Å². The Morgan fingerprint density at radius 3 is 2.12 bits per heavy atom. The summed E-state index contributed by atoms with van der Waals surface area (Å²) in [6.45, 7) is 0. The first kappa shape index (κ1) is 18.3. The van der Waals surface area contributed by atoms with E-state index in [-0.39, 0.29) is 21.4 Å². The fourth-order valence-corrected chi connectivity index (χ4v) is 3.72. The lowest BCUT2D eigenvalue weighted by Gasteiger charge is -2.13. The van der Waals surface area contributed by atoms with Crippen LogP contribution < -0.4 is 4.72 Å². The molecule has 0 spiro atoms. The number of nitrogens with one attached hydrogen (secondary N) is 1. The number of anilines is 1. The maximum Gasteiger partial charge on any atom is 0.416 e. The number of hydrogen-bond donors (Lipinski definition) is 2. The van der Waals surface area contributed by atoms with Gasteiger partial charge in [0.1, 0.15) is 5.75 Å². The highest BCUT2D eigenvalue weighted by Gasteiger charge is 2.30. The minimum atomic E-state index is -4.56. The van der Waals surface area contributed by atoms with E-state index in [2.05, 4.69) is 4.72 Å². The van der Waals surface area contributed by atoms with E-state index in [1.54, 1.807) is 24.3 Å². The summed E-state index contributed by atoms with van der Waals surface area (Å²) in [4.78, 5) is -0.334. The predicted molar refractivity (Wildman–Crippen MR) is 92.9 cm³/mol. The van der Waals surface area contributed by atoms with Gasteiger partial charge in [-0.1, -0.05) is 35.9 Å². The smallest absolute Gasteiger partial charge is 0.416 e. The Bertz CT molecular complexity index is 1080. The van der Waals surface area contributed by atoms with Crippen LogP contribution in [0.15, 0.2) is 59.5 Å². The summed E-state index contributed by atoms with van der Waals surface area (Å²) in [6, 6.07) is 10.8. The van der Waals surface area contributed by atoms with E-state index in [1.165, 1.54) is 6.07 Å². The highest BCUT2D eigenvalue weighted by Crippen LogP contribution is 2.38. The van der Waals surface area contributed by atoms with Crippen molar-refractivity contribution in [2.45, 2.75) is 11.1 Å². The number of fused-ring (bicyclic) bond motifs is 1. The van der Waals surface area contributed by atoms with Crippen LogP contribution >= 0.6 is 11.6 Å². The van der Waals surface area contributed by atoms with Crippen LogP contribution in [-0.2, 0) is 16.2 Å². The molecule has 0 aliphatic carbocycles. The minimum Gasteiger partial charge on any atom is -0.506 e. The fourth-order valence-electron chi connectivity index (χ4n) is 2.44. The summed E-state index contributed by atoms with van der Waals surface area (Å²) < 4.78 is 65.2. The molecule has 0 unspecified atom stereocenters. The Morgan fingerprint density at radius 2 is 1.54 bits per heavy atom. The molecule has 0 radical (unpaired) electrons. The molecular formula is C17H11ClF3NO3S. The van der Waals surface area contributed by atoms with Crippen molar-refractivity contribution in [3.63, 3.8) is 0 Å². The summed E-state index contributed by atoms with van der Waals surface area (Å²) in [7, 11) is -4.15. The molecule has 3 aromatic rings. The number of benzene rings is 3. The maximum absolute atomic E-state index is 12.6. The molecule has 0 aliphatic heterocycles. The quantitative estimate of drug-likeness (QED) is 0.606. The zero-order chi connectivity index (χ0) is 19.1. The van der Waals surface area contributed by atoms with Crippen LogP contribution in [0.3, 0.4) is 0 Å². The second kappa shape index (κ2) is 6.37. The number of hydrogen-bond acceptors (Lipinski definition) is 3. The molecule has 0 fully saturated rings. The van der Waals surface area contributed by atoms with Gasteiger partial charge in [0.05, 0.1) is 21.2 Å². The molecule has 4 nitrogen and oxygen atoms in total. The van der Waals surface area contributed by atoms with Crippen LogP contribution in [0.1, 0.15) is 5.56 Å². The van der Waals surface area contributed by atoms with Crippen LogP contribution in [0, 0.1) is 0 Å². The van der Waals surface area contributed by atoms with Crippen molar-refractivity contribution in [1.82, 2.24) is 0 Å². The molecular weight excluding hydrogens is 391 g/mol. The van der Waals surface area contributed by atoms with Crippen molar-refractivity contribution < 1.29 is 26.7 Å². The van der Waals surface area contributed by atoms with Crippen molar-refractivity contribution in [2.75, 3.05) is 4.72 Å². The Labute approximate surface area is 151 Å². The molecule has 0 heterocycles. The van der Waals surface area contributed by atoms with Crippen molar-refractivity contribution >= 4 is 38.1 Å². The summed E-state index contributed by atoms with van der Waals surface area (Å²) in [5.74, 6) is -0.195. The molecule has 0 saturated carbocycles. The first-order valence-corrected chi connectivity index (χ1v) is 9.06. The normalized spacial score (nSPS) is 12.3. The zero-order valence-electron chi connectivity index (χ0n) is 12.9. The topological polar surface area (TPSA) is 66.4 Å². The van der Waals surface area contributed by atoms with E-state index < -0.39 is 21.8 Å². The van der Waals surface area contributed by atoms with E-state index >= 15 is 0 Å². The lowest BCUT2D eigenvalue weighted by atomic mass is 10.1. The van der Waals surface area contributed by atoms with Crippen LogP contribution in [0.2, 0.25) is 5.02 Å². The standard InChI is InChI=1S/C17H11ClF3NO3S/c18-14-9-15(12-3-1-2-4-13(12)16(14)23)22-26(24,25)11-7-5-10(6-8-11)17(19,20)21/h1-9,22-23H. The van der Waals surface area contributed by atoms with Crippen LogP contribution in [0.25, 0.3) is 10.8 Å². The van der Waals surface area contributed by atoms with E-state index in [1.807, 2.05) is 0 Å². The third kappa shape index (κ3) is 3.42. The Balaban J connectivity index is 2.03. The van der Waals surface area contributed by atoms with Gasteiger partial charge in [0.15, 0.2) is 0 Å². The van der Waals surface area contributed by atoms with E-state index in [9.17, 15) is 26.7 Å². The molecule has 136 valence electrons. The van der Waals surface area contributed by atoms with Gasteiger partial charge in [-0.05, 0) is 30.3 Å². The van der Waals surface area contributed by atoms with Gasteiger partial charge < -0.3 is 5.11 Å².